The summed E-state index contributed by atoms with van der Waals surface area (Å²) in [6.45, 7) is 8.64. The lowest BCUT2D eigenvalue weighted by atomic mass is 10.00. The van der Waals surface area contributed by atoms with Gasteiger partial charge in [0.25, 0.3) is 0 Å². The van der Waals surface area contributed by atoms with Crippen LogP contribution < -0.4 is 4.74 Å². The van der Waals surface area contributed by atoms with Gasteiger partial charge >= 0.3 is 0 Å². The molecule has 1 saturated heterocycles. The van der Waals surface area contributed by atoms with E-state index in [1.807, 2.05) is 27.7 Å². The lowest BCUT2D eigenvalue weighted by Crippen LogP contribution is -2.39. The van der Waals surface area contributed by atoms with Crippen molar-refractivity contribution in [1.29, 1.82) is 0 Å². The first-order chi connectivity index (χ1) is 12.7. The van der Waals surface area contributed by atoms with Crippen molar-refractivity contribution in [3.8, 4) is 5.75 Å². The van der Waals surface area contributed by atoms with Gasteiger partial charge in [-0.1, -0.05) is 19.0 Å². The van der Waals surface area contributed by atoms with Gasteiger partial charge in [-0.2, -0.15) is 9.29 Å². The van der Waals surface area contributed by atoms with E-state index in [-0.39, 0.29) is 16.7 Å². The van der Waals surface area contributed by atoms with E-state index in [0.717, 1.165) is 24.0 Å². The fourth-order valence-corrected chi connectivity index (χ4v) is 5.02. The zero-order valence-electron chi connectivity index (χ0n) is 16.5. The van der Waals surface area contributed by atoms with Crippen LogP contribution in [-0.4, -0.2) is 43.1 Å². The predicted molar refractivity (Wildman–Crippen MR) is 102 cm³/mol. The quantitative estimate of drug-likeness (QED) is 0.774. The van der Waals surface area contributed by atoms with Gasteiger partial charge in [0.2, 0.25) is 15.9 Å². The Bertz CT molecular complexity index is 921. The second-order valence-electron chi connectivity index (χ2n) is 7.44. The Morgan fingerprint density at radius 3 is 2.59 bits per heavy atom. The zero-order valence-corrected chi connectivity index (χ0v) is 17.3. The number of nitrogens with zero attached hydrogens (tertiary/aromatic N) is 3. The van der Waals surface area contributed by atoms with Crippen LogP contribution >= 0.6 is 0 Å². The molecule has 148 valence electrons. The molecule has 0 aliphatic carbocycles. The zero-order chi connectivity index (χ0) is 19.8. The van der Waals surface area contributed by atoms with Crippen LogP contribution in [-0.2, 0) is 10.0 Å². The third-order valence-electron chi connectivity index (χ3n) is 5.11. The molecule has 0 radical (unpaired) electrons. The van der Waals surface area contributed by atoms with Crippen LogP contribution in [0.25, 0.3) is 0 Å². The van der Waals surface area contributed by atoms with Crippen molar-refractivity contribution in [3.05, 3.63) is 35.0 Å². The van der Waals surface area contributed by atoms with Crippen molar-refractivity contribution >= 4 is 10.0 Å². The van der Waals surface area contributed by atoms with Gasteiger partial charge in [-0.3, -0.25) is 0 Å². The molecule has 0 saturated carbocycles. The maximum Gasteiger partial charge on any atom is 0.246 e. The van der Waals surface area contributed by atoms with E-state index in [1.54, 1.807) is 12.1 Å². The summed E-state index contributed by atoms with van der Waals surface area (Å²) in [4.78, 5) is 4.67. The summed E-state index contributed by atoms with van der Waals surface area (Å²) >= 11 is 0. The van der Waals surface area contributed by atoms with Crippen LogP contribution in [0.3, 0.4) is 0 Å². The summed E-state index contributed by atoms with van der Waals surface area (Å²) in [6, 6.07) is 3.47. The third-order valence-corrected chi connectivity index (χ3v) is 6.99. The topological polar surface area (TPSA) is 85.5 Å². The van der Waals surface area contributed by atoms with Crippen LogP contribution in [0.4, 0.5) is 0 Å². The first-order valence-corrected chi connectivity index (χ1v) is 10.7. The molecule has 1 atom stereocenters. The molecule has 0 N–H and O–H groups in total. The van der Waals surface area contributed by atoms with E-state index in [9.17, 15) is 8.42 Å². The summed E-state index contributed by atoms with van der Waals surface area (Å²) in [5.41, 5.74) is 1.91. The van der Waals surface area contributed by atoms with Crippen molar-refractivity contribution in [2.24, 2.45) is 0 Å². The Balaban J connectivity index is 1.90. The minimum absolute atomic E-state index is 0.0916. The van der Waals surface area contributed by atoms with E-state index in [1.165, 1.54) is 11.4 Å². The molecule has 1 aromatic carbocycles. The number of hydrogen-bond donors (Lipinski definition) is 0. The van der Waals surface area contributed by atoms with Gasteiger partial charge in [0.1, 0.15) is 10.6 Å². The highest BCUT2D eigenvalue weighted by Crippen LogP contribution is 2.34. The SMILES string of the molecule is COc1cc(C)c(C)cc1S(=O)(=O)N1CCCC(c2nc(C(C)C)no2)C1. The number of rotatable bonds is 5. The highest BCUT2D eigenvalue weighted by atomic mass is 32.2. The first kappa shape index (κ1) is 19.8. The van der Waals surface area contributed by atoms with Crippen molar-refractivity contribution in [3.63, 3.8) is 0 Å². The second kappa shape index (κ2) is 7.59. The monoisotopic (exact) mass is 393 g/mol. The minimum atomic E-state index is -3.68. The summed E-state index contributed by atoms with van der Waals surface area (Å²) in [6.07, 6.45) is 1.58. The number of sulfonamides is 1. The molecule has 1 unspecified atom stereocenters. The Morgan fingerprint density at radius 1 is 1.26 bits per heavy atom. The number of benzene rings is 1. The largest absolute Gasteiger partial charge is 0.495 e. The van der Waals surface area contributed by atoms with Gasteiger partial charge in [-0.25, -0.2) is 8.42 Å². The average Bonchev–Trinajstić information content (AvgIpc) is 3.14. The van der Waals surface area contributed by atoms with Crippen LogP contribution in [0.5, 0.6) is 5.75 Å². The molecule has 2 aromatic rings. The molecule has 1 fully saturated rings. The summed E-state index contributed by atoms with van der Waals surface area (Å²) < 4.78 is 38.9. The van der Waals surface area contributed by atoms with E-state index in [4.69, 9.17) is 9.26 Å². The van der Waals surface area contributed by atoms with E-state index in [0.29, 0.717) is 30.6 Å². The van der Waals surface area contributed by atoms with Crippen LogP contribution in [0.2, 0.25) is 0 Å². The molecule has 2 heterocycles. The van der Waals surface area contributed by atoms with Crippen LogP contribution in [0, 0.1) is 13.8 Å². The Morgan fingerprint density at radius 2 is 1.96 bits per heavy atom. The first-order valence-electron chi connectivity index (χ1n) is 9.23. The highest BCUT2D eigenvalue weighted by Gasteiger charge is 2.35. The smallest absolute Gasteiger partial charge is 0.246 e. The van der Waals surface area contributed by atoms with E-state index < -0.39 is 10.0 Å². The molecule has 8 heteroatoms. The average molecular weight is 394 g/mol. The lowest BCUT2D eigenvalue weighted by Gasteiger charge is -2.30. The Kier molecular flexibility index (Phi) is 5.58. The number of aromatic nitrogens is 2. The molecule has 3 rings (SSSR count). The molecular weight excluding hydrogens is 366 g/mol. The molecule has 0 bridgehead atoms. The maximum absolute atomic E-state index is 13.3. The molecule has 1 aromatic heterocycles. The number of aryl methyl sites for hydroxylation is 2. The normalized spacial score (nSPS) is 18.8. The molecule has 1 aliphatic rings. The van der Waals surface area contributed by atoms with Crippen molar-refractivity contribution in [1.82, 2.24) is 14.4 Å². The van der Waals surface area contributed by atoms with Crippen molar-refractivity contribution < 1.29 is 17.7 Å². The molecule has 0 spiro atoms. The highest BCUT2D eigenvalue weighted by molar-refractivity contribution is 7.89. The van der Waals surface area contributed by atoms with Crippen LogP contribution in [0.15, 0.2) is 21.6 Å². The third kappa shape index (κ3) is 3.87. The van der Waals surface area contributed by atoms with Gasteiger partial charge in [-0.05, 0) is 49.9 Å². The molecule has 7 nitrogen and oxygen atoms in total. The van der Waals surface area contributed by atoms with Crippen molar-refractivity contribution in [2.75, 3.05) is 20.2 Å². The van der Waals surface area contributed by atoms with Gasteiger partial charge in [0, 0.05) is 19.0 Å². The fraction of sp³-hybridized carbons (Fsp3) is 0.579. The number of piperidine rings is 1. The van der Waals surface area contributed by atoms with Gasteiger partial charge < -0.3 is 9.26 Å². The fourth-order valence-electron chi connectivity index (χ4n) is 3.27. The molecule has 0 amide bonds. The number of hydrogen-bond acceptors (Lipinski definition) is 6. The van der Waals surface area contributed by atoms with Gasteiger partial charge in [0.05, 0.1) is 13.0 Å². The predicted octanol–water partition coefficient (Wildman–Crippen LogP) is 3.39. The van der Waals surface area contributed by atoms with Crippen molar-refractivity contribution in [2.45, 2.75) is 57.3 Å². The molecular formula is C19H27N3O4S. The Hall–Kier alpha value is -1.93. The van der Waals surface area contributed by atoms with E-state index >= 15 is 0 Å². The summed E-state index contributed by atoms with van der Waals surface area (Å²) in [5, 5.41) is 4.01. The second-order valence-corrected chi connectivity index (χ2v) is 9.34. The standard InChI is InChI=1S/C19H27N3O4S/c1-12(2)18-20-19(26-21-18)15-7-6-8-22(11-15)27(23,24)17-10-14(4)13(3)9-16(17)25-5/h9-10,12,15H,6-8,11H2,1-5H3. The maximum atomic E-state index is 13.3. The number of methoxy groups -OCH3 is 1. The van der Waals surface area contributed by atoms with E-state index in [2.05, 4.69) is 10.1 Å². The summed E-state index contributed by atoms with van der Waals surface area (Å²) in [5.74, 6) is 1.63. The summed E-state index contributed by atoms with van der Waals surface area (Å²) in [7, 11) is -2.18. The molecule has 27 heavy (non-hydrogen) atoms. The lowest BCUT2D eigenvalue weighted by molar-refractivity contribution is 0.264. The Labute approximate surface area is 160 Å². The van der Waals surface area contributed by atoms with Crippen LogP contribution in [0.1, 0.15) is 61.4 Å². The van der Waals surface area contributed by atoms with Gasteiger partial charge in [0.15, 0.2) is 5.82 Å². The molecule has 1 aliphatic heterocycles. The minimum Gasteiger partial charge on any atom is -0.495 e. The van der Waals surface area contributed by atoms with Gasteiger partial charge in [-0.15, -0.1) is 0 Å². The number of ether oxygens (including phenoxy) is 1.